The quantitative estimate of drug-likeness (QED) is 0.774. The van der Waals surface area contributed by atoms with Crippen LogP contribution >= 0.6 is 0 Å². The van der Waals surface area contributed by atoms with E-state index in [9.17, 15) is 9.59 Å². The maximum atomic E-state index is 12.6. The van der Waals surface area contributed by atoms with Crippen molar-refractivity contribution < 1.29 is 6.22 Å². The summed E-state index contributed by atoms with van der Waals surface area (Å²) in [7, 11) is 0. The van der Waals surface area contributed by atoms with Crippen molar-refractivity contribution in [3.05, 3.63) is 52.6 Å². The summed E-state index contributed by atoms with van der Waals surface area (Å²) in [5.74, 6) is 0.848. The Morgan fingerprint density at radius 1 is 1.35 bits per heavy atom. The lowest BCUT2D eigenvalue weighted by atomic mass is 10.2. The molecule has 0 saturated carbocycles. The van der Waals surface area contributed by atoms with Gasteiger partial charge < -0.3 is 5.32 Å². The average molecular weight is 358 g/mol. The van der Waals surface area contributed by atoms with E-state index in [1.54, 1.807) is 16.5 Å². The number of rotatable bonds is 4. The summed E-state index contributed by atoms with van der Waals surface area (Å²) in [6, 6.07) is 3.38. The van der Waals surface area contributed by atoms with E-state index in [0.717, 1.165) is 11.4 Å². The van der Waals surface area contributed by atoms with Crippen LogP contribution in [0.4, 0.5) is 5.82 Å². The van der Waals surface area contributed by atoms with Gasteiger partial charge in [-0.05, 0) is 24.6 Å². The van der Waals surface area contributed by atoms with Crippen LogP contribution in [0.2, 0.25) is 0 Å². The minimum absolute atomic E-state index is 0. The van der Waals surface area contributed by atoms with Crippen molar-refractivity contribution in [2.75, 3.05) is 5.32 Å². The Kier molecular flexibility index (Phi) is 6.21. The molecule has 1 N–H and O–H groups in total. The first-order chi connectivity index (χ1) is 12.5. The van der Waals surface area contributed by atoms with Gasteiger partial charge in [-0.3, -0.25) is 14.0 Å². The molecule has 0 fully saturated rings. The van der Waals surface area contributed by atoms with Gasteiger partial charge >= 0.3 is 0 Å². The number of nitrogens with zero attached hydrogens (tertiary/aromatic N) is 5. The number of hydrogen-bond donors (Lipinski definition) is 1. The Hall–Kier alpha value is -3.03. The van der Waals surface area contributed by atoms with Crippen molar-refractivity contribution in [3.63, 3.8) is 0 Å². The van der Waals surface area contributed by atoms with Gasteiger partial charge in [0, 0.05) is 19.7 Å². The highest BCUT2D eigenvalue weighted by Crippen LogP contribution is 2.14. The number of carbonyl (C=O) groups is 1. The molecular weight excluding hydrogens is 332 g/mol. The van der Waals surface area contributed by atoms with Gasteiger partial charge in [0.2, 0.25) is 5.91 Å². The Labute approximate surface area is 153 Å². The summed E-state index contributed by atoms with van der Waals surface area (Å²) in [5.41, 5.74) is 1.19. The molecule has 140 valence electrons. The van der Waals surface area contributed by atoms with E-state index >= 15 is 0 Å². The van der Waals surface area contributed by atoms with Crippen LogP contribution in [0.3, 0.4) is 0 Å². The van der Waals surface area contributed by atoms with Crippen LogP contribution in [0.5, 0.6) is 0 Å². The summed E-state index contributed by atoms with van der Waals surface area (Å²) in [5, 5.41) is 6.99. The third-order valence-electron chi connectivity index (χ3n) is 3.54. The molecule has 0 unspecified atom stereocenters. The number of aryl methyl sites for hydroxylation is 1. The van der Waals surface area contributed by atoms with Crippen LogP contribution in [0.1, 0.15) is 46.4 Å². The van der Waals surface area contributed by atoms with Crippen LogP contribution in [-0.4, -0.2) is 30.1 Å². The van der Waals surface area contributed by atoms with E-state index in [1.807, 2.05) is 40.8 Å². The fourth-order valence-electron chi connectivity index (χ4n) is 2.48. The van der Waals surface area contributed by atoms with Gasteiger partial charge in [0.25, 0.3) is 5.56 Å². The minimum atomic E-state index is -0.370. The molecule has 3 heterocycles. The zero-order valence-electron chi connectivity index (χ0n) is 15.7. The molecule has 3 rings (SSSR count). The number of aromatic nitrogens is 5. The van der Waals surface area contributed by atoms with Crippen molar-refractivity contribution in [1.82, 2.24) is 24.1 Å². The second-order valence-corrected chi connectivity index (χ2v) is 5.89. The van der Waals surface area contributed by atoms with Gasteiger partial charge in [0.1, 0.15) is 30.0 Å². The highest BCUT2D eigenvalue weighted by molar-refractivity contribution is 5.89. The van der Waals surface area contributed by atoms with Crippen molar-refractivity contribution in [3.8, 4) is 0 Å². The molecule has 1 amide bonds. The van der Waals surface area contributed by atoms with Gasteiger partial charge in [-0.1, -0.05) is 27.7 Å². The van der Waals surface area contributed by atoms with Gasteiger partial charge in [-0.25, -0.2) is 14.6 Å². The zero-order valence-corrected chi connectivity index (χ0v) is 15.7. The van der Waals surface area contributed by atoms with Crippen LogP contribution in [0, 0.1) is 6.92 Å². The number of fused-ring (bicyclic) bond motifs is 1. The third-order valence-corrected chi connectivity index (χ3v) is 3.54. The number of anilines is 1. The molecule has 0 aliphatic carbocycles. The fraction of sp³-hybridized carbons (Fsp3) is 0.389. The van der Waals surface area contributed by atoms with E-state index in [1.165, 1.54) is 17.2 Å². The molecule has 0 aliphatic rings. The fourth-order valence-corrected chi connectivity index (χ4v) is 2.48. The number of nitrogens with one attached hydrogen (secondary N) is 1. The minimum Gasteiger partial charge on any atom is -0.309 e. The maximum absolute atomic E-state index is 12.6. The van der Waals surface area contributed by atoms with Crippen LogP contribution < -0.4 is 10.9 Å². The second-order valence-electron chi connectivity index (χ2n) is 5.89. The summed E-state index contributed by atoms with van der Waals surface area (Å²) in [4.78, 5) is 32.5. The maximum Gasteiger partial charge on any atom is 0.291 e. The molecule has 8 heteroatoms. The largest absolute Gasteiger partial charge is 0.309 e. The zero-order chi connectivity index (χ0) is 19.3. The molecule has 3 aromatic rings. The van der Waals surface area contributed by atoms with E-state index in [2.05, 4.69) is 20.4 Å². The Bertz CT molecular complexity index is 950. The van der Waals surface area contributed by atoms with Crippen LogP contribution in [-0.2, 0) is 11.3 Å². The first kappa shape index (κ1) is 19.3. The topological polar surface area (TPSA) is 94.2 Å². The molecular formula is C18H26N6O2. The van der Waals surface area contributed by atoms with E-state index in [4.69, 9.17) is 0 Å². The highest BCUT2D eigenvalue weighted by atomic mass is 16.2. The number of carbonyl (C=O) groups excluding carboxylic acids is 1. The second kappa shape index (κ2) is 8.37. The molecule has 26 heavy (non-hydrogen) atoms. The van der Waals surface area contributed by atoms with Crippen LogP contribution in [0.15, 0.2) is 35.6 Å². The van der Waals surface area contributed by atoms with Crippen molar-refractivity contribution in [2.24, 2.45) is 0 Å². The summed E-state index contributed by atoms with van der Waals surface area (Å²) in [6.07, 6.45) is 4.75. The number of amides is 1. The Balaban J connectivity index is 0.00000118. The first-order valence-electron chi connectivity index (χ1n) is 8.61. The molecule has 0 spiro atoms. The monoisotopic (exact) mass is 358 g/mol. The number of hydrogen-bond acceptors (Lipinski definition) is 5. The van der Waals surface area contributed by atoms with Crippen LogP contribution in [0.25, 0.3) is 5.52 Å². The first-order valence-corrected chi connectivity index (χ1v) is 8.61. The molecule has 0 bridgehead atoms. The lowest BCUT2D eigenvalue weighted by Gasteiger charge is -2.12. The van der Waals surface area contributed by atoms with Crippen molar-refractivity contribution >= 4 is 17.2 Å². The van der Waals surface area contributed by atoms with Gasteiger partial charge in [-0.15, -0.1) is 0 Å². The normalized spacial score (nSPS) is 10.5. The van der Waals surface area contributed by atoms with Gasteiger partial charge in [0.05, 0.1) is 0 Å². The third kappa shape index (κ3) is 4.14. The Morgan fingerprint density at radius 3 is 2.69 bits per heavy atom. The molecule has 0 aromatic carbocycles. The molecule has 3 aromatic heterocycles. The van der Waals surface area contributed by atoms with E-state index in [0.29, 0.717) is 11.3 Å². The predicted molar refractivity (Wildman–Crippen MR) is 102 cm³/mol. The molecule has 0 saturated heterocycles. The summed E-state index contributed by atoms with van der Waals surface area (Å²) >= 11 is 0. The van der Waals surface area contributed by atoms with E-state index in [-0.39, 0.29) is 25.4 Å². The molecule has 0 radical (unpaired) electrons. The summed E-state index contributed by atoms with van der Waals surface area (Å²) in [6.45, 7) is 9.73. The van der Waals surface area contributed by atoms with Gasteiger partial charge in [-0.2, -0.15) is 5.10 Å². The standard InChI is InChI=1S/C16H18N6O2.C2H6.H2/c1-10(2)15-20-22(16(24)12-6-11(3)7-21(12)15)8-14(23)19-13-4-5-17-9-18-13;1-2;/h4-7,9-10H,8H2,1-3H3,(H,17,18,19,23);1-2H3;1H. The lowest BCUT2D eigenvalue weighted by Crippen LogP contribution is -2.32. The average Bonchev–Trinajstić information content (AvgIpc) is 3.01. The van der Waals surface area contributed by atoms with Gasteiger partial charge in [0.15, 0.2) is 0 Å². The van der Waals surface area contributed by atoms with Crippen molar-refractivity contribution in [2.45, 2.75) is 47.1 Å². The van der Waals surface area contributed by atoms with E-state index < -0.39 is 0 Å². The molecule has 8 nitrogen and oxygen atoms in total. The van der Waals surface area contributed by atoms with Crippen molar-refractivity contribution in [1.29, 1.82) is 0 Å². The molecule has 0 atom stereocenters. The summed E-state index contributed by atoms with van der Waals surface area (Å²) < 4.78 is 2.99. The predicted octanol–water partition coefficient (Wildman–Crippen LogP) is 2.63. The SMILES string of the molecule is CC.Cc1cc2c(=O)n(CC(=O)Nc3ccncn3)nc(C(C)C)n2c1.[HH]. The lowest BCUT2D eigenvalue weighted by molar-refractivity contribution is -0.117. The molecule has 0 aliphatic heterocycles. The highest BCUT2D eigenvalue weighted by Gasteiger charge is 2.15. The smallest absolute Gasteiger partial charge is 0.291 e. The Morgan fingerprint density at radius 2 is 2.08 bits per heavy atom.